The number of nitrogens with zero attached hydrogens (tertiary/aromatic N) is 2. The molecule has 0 bridgehead atoms. The van der Waals surface area contributed by atoms with Crippen LogP contribution in [0.15, 0.2) is 28.8 Å². The Morgan fingerprint density at radius 2 is 2.12 bits per heavy atom. The highest BCUT2D eigenvalue weighted by atomic mass is 16.7. The van der Waals surface area contributed by atoms with E-state index in [2.05, 4.69) is 24.3 Å². The van der Waals surface area contributed by atoms with Gasteiger partial charge in [-0.25, -0.2) is 4.79 Å². The lowest BCUT2D eigenvalue weighted by molar-refractivity contribution is 0.174. The summed E-state index contributed by atoms with van der Waals surface area (Å²) in [6.45, 7) is 5.05. The summed E-state index contributed by atoms with van der Waals surface area (Å²) in [4.78, 5) is 14.5. The molecule has 1 fully saturated rings. The zero-order valence-electron chi connectivity index (χ0n) is 14.3. The van der Waals surface area contributed by atoms with Crippen molar-refractivity contribution in [1.82, 2.24) is 10.1 Å². The highest BCUT2D eigenvalue weighted by Gasteiger charge is 2.33. The number of aromatic nitrogens is 1. The minimum atomic E-state index is -0.149. The zero-order chi connectivity index (χ0) is 17.4. The second kappa shape index (κ2) is 6.31. The van der Waals surface area contributed by atoms with Gasteiger partial charge in [0, 0.05) is 24.4 Å². The first-order valence-electron chi connectivity index (χ1n) is 8.55. The fraction of sp³-hybridized carbons (Fsp3) is 0.444. The van der Waals surface area contributed by atoms with Crippen molar-refractivity contribution in [3.8, 4) is 11.5 Å². The van der Waals surface area contributed by atoms with Gasteiger partial charge in [-0.3, -0.25) is 0 Å². The van der Waals surface area contributed by atoms with Crippen molar-refractivity contribution in [3.63, 3.8) is 0 Å². The average Bonchev–Trinajstić information content (AvgIpc) is 3.33. The van der Waals surface area contributed by atoms with Gasteiger partial charge in [0.2, 0.25) is 6.79 Å². The van der Waals surface area contributed by atoms with E-state index in [-0.39, 0.29) is 18.9 Å². The van der Waals surface area contributed by atoms with Gasteiger partial charge >= 0.3 is 6.03 Å². The molecule has 2 aliphatic heterocycles. The topological polar surface area (TPSA) is 76.8 Å². The van der Waals surface area contributed by atoms with Crippen LogP contribution in [0.3, 0.4) is 0 Å². The van der Waals surface area contributed by atoms with Crippen LogP contribution < -0.4 is 14.8 Å². The Balaban J connectivity index is 1.48. The van der Waals surface area contributed by atoms with Gasteiger partial charge in [-0.1, -0.05) is 19.0 Å². The molecule has 25 heavy (non-hydrogen) atoms. The summed E-state index contributed by atoms with van der Waals surface area (Å²) in [5.41, 5.74) is 1.60. The number of carbonyl (C=O) groups is 1. The maximum atomic E-state index is 12.7. The number of fused-ring (bicyclic) bond motifs is 1. The molecular weight excluding hydrogens is 322 g/mol. The third-order valence-electron chi connectivity index (χ3n) is 4.60. The Hall–Kier alpha value is -2.70. The van der Waals surface area contributed by atoms with Crippen molar-refractivity contribution >= 4 is 11.7 Å². The van der Waals surface area contributed by atoms with Gasteiger partial charge in [0.15, 0.2) is 17.3 Å². The van der Waals surface area contributed by atoms with Crippen LogP contribution in [0.2, 0.25) is 0 Å². The molecule has 7 heteroatoms. The number of ether oxygens (including phenoxy) is 2. The van der Waals surface area contributed by atoms with Gasteiger partial charge in [0.05, 0.1) is 11.7 Å². The van der Waals surface area contributed by atoms with Crippen molar-refractivity contribution in [3.05, 3.63) is 35.7 Å². The molecule has 132 valence electrons. The van der Waals surface area contributed by atoms with Gasteiger partial charge in [0.25, 0.3) is 0 Å². The molecule has 0 aliphatic carbocycles. The molecule has 0 spiro atoms. The standard InChI is InChI=1S/C18H21N3O4/c1-11(2)13-9-16(25-20-13)14-4-3-7-21(14)18(22)19-12-5-6-15-17(8-12)24-10-23-15/h5-6,8-9,11,14H,3-4,7,10H2,1-2H3,(H,19,22). The summed E-state index contributed by atoms with van der Waals surface area (Å²) in [6.07, 6.45) is 1.82. The summed E-state index contributed by atoms with van der Waals surface area (Å²) in [7, 11) is 0. The van der Waals surface area contributed by atoms with E-state index in [1.807, 2.05) is 12.1 Å². The van der Waals surface area contributed by atoms with Crippen molar-refractivity contribution in [2.45, 2.75) is 38.6 Å². The summed E-state index contributed by atoms with van der Waals surface area (Å²) < 4.78 is 16.1. The molecular formula is C18H21N3O4. The van der Waals surface area contributed by atoms with Gasteiger partial charge in [-0.2, -0.15) is 0 Å². The molecule has 2 aromatic rings. The number of benzene rings is 1. The smallest absolute Gasteiger partial charge is 0.322 e. The van der Waals surface area contributed by atoms with E-state index >= 15 is 0 Å². The molecule has 1 N–H and O–H groups in total. The summed E-state index contributed by atoms with van der Waals surface area (Å²) in [5, 5.41) is 7.05. The molecule has 7 nitrogen and oxygen atoms in total. The molecule has 2 amide bonds. The van der Waals surface area contributed by atoms with E-state index < -0.39 is 0 Å². The number of nitrogens with one attached hydrogen (secondary N) is 1. The van der Waals surface area contributed by atoms with Crippen LogP contribution in [-0.2, 0) is 0 Å². The fourth-order valence-electron chi connectivity index (χ4n) is 3.21. The quantitative estimate of drug-likeness (QED) is 0.915. The highest BCUT2D eigenvalue weighted by molar-refractivity contribution is 5.90. The molecule has 0 radical (unpaired) electrons. The number of hydrogen-bond donors (Lipinski definition) is 1. The number of carbonyl (C=O) groups excluding carboxylic acids is 1. The SMILES string of the molecule is CC(C)c1cc(C2CCCN2C(=O)Nc2ccc3c(c2)OCO3)on1. The van der Waals surface area contributed by atoms with Crippen molar-refractivity contribution in [2.75, 3.05) is 18.7 Å². The summed E-state index contributed by atoms with van der Waals surface area (Å²) in [6, 6.07) is 7.11. The molecule has 1 saturated heterocycles. The third-order valence-corrected chi connectivity index (χ3v) is 4.60. The van der Waals surface area contributed by atoms with Crippen molar-refractivity contribution in [2.24, 2.45) is 0 Å². The van der Waals surface area contributed by atoms with E-state index in [1.54, 1.807) is 17.0 Å². The van der Waals surface area contributed by atoms with E-state index in [9.17, 15) is 4.79 Å². The van der Waals surface area contributed by atoms with E-state index in [4.69, 9.17) is 14.0 Å². The molecule has 3 heterocycles. The molecule has 1 unspecified atom stereocenters. The number of hydrogen-bond acceptors (Lipinski definition) is 5. The number of likely N-dealkylation sites (tertiary alicyclic amines) is 1. The molecule has 4 rings (SSSR count). The van der Waals surface area contributed by atoms with Gasteiger partial charge in [-0.05, 0) is 30.9 Å². The average molecular weight is 343 g/mol. The third kappa shape index (κ3) is 3.01. The molecule has 0 saturated carbocycles. The monoisotopic (exact) mass is 343 g/mol. The van der Waals surface area contributed by atoms with Crippen LogP contribution in [0.1, 0.15) is 50.1 Å². The van der Waals surface area contributed by atoms with Gasteiger partial charge < -0.3 is 24.2 Å². The van der Waals surface area contributed by atoms with Crippen molar-refractivity contribution in [1.29, 1.82) is 0 Å². The van der Waals surface area contributed by atoms with E-state index in [1.165, 1.54) is 0 Å². The maximum Gasteiger partial charge on any atom is 0.322 e. The lowest BCUT2D eigenvalue weighted by Gasteiger charge is -2.23. The van der Waals surface area contributed by atoms with Crippen LogP contribution in [0.5, 0.6) is 11.5 Å². The second-order valence-electron chi connectivity index (χ2n) is 6.66. The zero-order valence-corrected chi connectivity index (χ0v) is 14.3. The lowest BCUT2D eigenvalue weighted by atomic mass is 10.1. The largest absolute Gasteiger partial charge is 0.454 e. The van der Waals surface area contributed by atoms with Gasteiger partial charge in [-0.15, -0.1) is 0 Å². The van der Waals surface area contributed by atoms with Crippen LogP contribution in [0.25, 0.3) is 0 Å². The van der Waals surface area contributed by atoms with Crippen LogP contribution in [0.4, 0.5) is 10.5 Å². The number of amides is 2. The number of anilines is 1. The highest BCUT2D eigenvalue weighted by Crippen LogP contribution is 2.36. The number of rotatable bonds is 3. The summed E-state index contributed by atoms with van der Waals surface area (Å²) >= 11 is 0. The fourth-order valence-corrected chi connectivity index (χ4v) is 3.21. The molecule has 2 aliphatic rings. The first-order chi connectivity index (χ1) is 12.1. The normalized spacial score (nSPS) is 18.8. The maximum absolute atomic E-state index is 12.7. The lowest BCUT2D eigenvalue weighted by Crippen LogP contribution is -2.34. The van der Waals surface area contributed by atoms with Crippen molar-refractivity contribution < 1.29 is 18.8 Å². The predicted octanol–water partition coefficient (Wildman–Crippen LogP) is 3.90. The van der Waals surface area contributed by atoms with E-state index in [0.29, 0.717) is 29.6 Å². The number of urea groups is 1. The summed E-state index contributed by atoms with van der Waals surface area (Å²) in [5.74, 6) is 2.39. The first kappa shape index (κ1) is 15.8. The van der Waals surface area contributed by atoms with Crippen LogP contribution >= 0.6 is 0 Å². The van der Waals surface area contributed by atoms with Gasteiger partial charge in [0.1, 0.15) is 0 Å². The minimum Gasteiger partial charge on any atom is -0.454 e. The molecule has 1 atom stereocenters. The Bertz CT molecular complexity index is 786. The predicted molar refractivity (Wildman–Crippen MR) is 90.9 cm³/mol. The Labute approximate surface area is 145 Å². The molecule has 1 aromatic heterocycles. The first-order valence-corrected chi connectivity index (χ1v) is 8.55. The Kier molecular flexibility index (Phi) is 3.99. The minimum absolute atomic E-state index is 0.0750. The second-order valence-corrected chi connectivity index (χ2v) is 6.66. The molecule has 1 aromatic carbocycles. The van der Waals surface area contributed by atoms with Crippen LogP contribution in [0, 0.1) is 0 Å². The Morgan fingerprint density at radius 3 is 2.92 bits per heavy atom. The van der Waals surface area contributed by atoms with E-state index in [0.717, 1.165) is 24.3 Å². The Morgan fingerprint density at radius 1 is 1.28 bits per heavy atom. The van der Waals surface area contributed by atoms with Crippen LogP contribution in [-0.4, -0.2) is 29.4 Å².